The lowest BCUT2D eigenvalue weighted by atomic mass is 10.0. The Labute approximate surface area is 642 Å². The van der Waals surface area contributed by atoms with Crippen LogP contribution in [0.2, 0.25) is 0 Å². The second kappa shape index (κ2) is 43.4. The molecular formula is C68H92N12O26P2S2. The molecule has 3 aliphatic heterocycles. The minimum absolute atomic E-state index is 0.0176. The number of fused-ring (bicyclic) bond motifs is 4. The maximum absolute atomic E-state index is 14.5. The minimum atomic E-state index is -4.36. The number of carbonyl (C=O) groups is 7. The molecule has 602 valence electrons. The number of nitrogens with zero attached hydrogens (tertiary/aromatic N) is 7. The molecule has 110 heavy (non-hydrogen) atoms. The fraction of sp³-hybridized carbons (Fsp3) is 0.559. The number of benzene rings is 2. The first kappa shape index (κ1) is 86.3. The van der Waals surface area contributed by atoms with Gasteiger partial charge in [0.25, 0.3) is 23.3 Å². The second-order valence-corrected chi connectivity index (χ2v) is 31.3. The predicted molar refractivity (Wildman–Crippen MR) is 395 cm³/mol. The molecule has 0 unspecified atom stereocenters. The maximum Gasteiger partial charge on any atom is 0.410 e. The number of aromatic nitrogens is 6. The standard InChI is InChI=1S/C68H92N12O26P2S2/c1-43(2)57(74-53(81)38-79-55(82)13-14-56(79)83)64(87)72-44(3)62(85)73-48-11-9-45(10-12-48)39-100-68(89)78(18-20-93-23-24-95-27-28-97-31-32-99-34-33-98-30-29-96-26-25-94-22-21-92-4)37-47-7-5-6-8-50(47)63(86)76-67-75-61-58(65(88)77-67)71-42-80(61)66-60-59(84)52(104-66)40-102-108(91,110)105-51-36-49(103-54-15-17-69-41-70-54)35-46(51)16-19-101-107(90,109)106-60/h5-15,17,41-44,46,49,51-52,57,59-60,66,84H,16,18-40H2,1-4H3,(H,72,87)(H,73,85)(H,74,81)(H,90,109)(H,91,110)(H2,75,76,77,86,88)/t44-,46-,49+,51-,52+,57-,59+,60+,66+,107+,108+/m0/s1. The Balaban J connectivity index is 0.804. The molecule has 9 rings (SSSR count). The first-order valence-electron chi connectivity index (χ1n) is 35.4. The van der Waals surface area contributed by atoms with Crippen LogP contribution >= 0.6 is 38.1 Å². The maximum atomic E-state index is 14.5. The van der Waals surface area contributed by atoms with E-state index >= 15 is 0 Å². The summed E-state index contributed by atoms with van der Waals surface area (Å²) in [6.45, 7) is -0.565. The number of imidazole rings is 1. The highest BCUT2D eigenvalue weighted by molar-refractivity contribution is 8.44. The number of thiol groups is 2. The molecule has 5 aromatic rings. The summed E-state index contributed by atoms with van der Waals surface area (Å²) in [5.74, 6) is -5.05. The molecule has 38 nitrogen and oxygen atoms in total. The molecule has 4 aliphatic rings. The predicted octanol–water partition coefficient (Wildman–Crippen LogP) is 3.97. The largest absolute Gasteiger partial charge is 0.474 e. The quantitative estimate of drug-likeness (QED) is 0.0119. The van der Waals surface area contributed by atoms with E-state index in [0.717, 1.165) is 23.4 Å². The SMILES string of the molecule is COCCOCCOCCOCCOCCOCCOCCOCCN(Cc1ccccc1C(=O)Nc1nc2c(ncn2[C@@H]2O[C@@H]3CO[P@@](=O)(S)O[C@H]4C[C@H](Oc5ccncn5)C[C@@H]4CCO[P@@](=O)(S)O[C@@H]2[C@@H]3O)c(=O)[nH]1)C(=O)OCc1ccc(NC(=O)[C@H](C)NC(=O)[C@@H](NC(=O)CN2C(=O)C=CC2=O)C(C)C)cc1. The molecule has 0 radical (unpaired) electrons. The molecule has 2 aromatic carbocycles. The first-order valence-corrected chi connectivity index (χ1v) is 40.8. The van der Waals surface area contributed by atoms with Gasteiger partial charge in [-0.2, -0.15) is 4.98 Å². The van der Waals surface area contributed by atoms with E-state index in [1.165, 1.54) is 35.0 Å². The van der Waals surface area contributed by atoms with Gasteiger partial charge in [-0.1, -0.05) is 68.7 Å². The van der Waals surface area contributed by atoms with Crippen molar-refractivity contribution in [3.8, 4) is 5.88 Å². The van der Waals surface area contributed by atoms with Crippen LogP contribution in [0.5, 0.6) is 5.88 Å². The summed E-state index contributed by atoms with van der Waals surface area (Å²) in [5.41, 5.74) is -0.135. The van der Waals surface area contributed by atoms with E-state index in [-0.39, 0.29) is 94.2 Å². The summed E-state index contributed by atoms with van der Waals surface area (Å²) in [7, 11) is 1.61. The number of amides is 7. The van der Waals surface area contributed by atoms with E-state index < -0.39 is 129 Å². The number of carbonyl (C=O) groups excluding carboxylic acids is 7. The van der Waals surface area contributed by atoms with E-state index in [2.05, 4.69) is 70.7 Å². The molecule has 11 atom stereocenters. The lowest BCUT2D eigenvalue weighted by molar-refractivity contribution is -0.141. The summed E-state index contributed by atoms with van der Waals surface area (Å²) in [4.78, 5) is 127. The topological polar surface area (TPSA) is 456 Å². The highest BCUT2D eigenvalue weighted by Crippen LogP contribution is 2.60. The van der Waals surface area contributed by atoms with Crippen LogP contribution in [0.15, 0.2) is 90.4 Å². The van der Waals surface area contributed by atoms with Gasteiger partial charge in [0, 0.05) is 62.3 Å². The molecule has 3 fully saturated rings. The van der Waals surface area contributed by atoms with Crippen molar-refractivity contribution in [2.45, 2.75) is 102 Å². The van der Waals surface area contributed by atoms with Gasteiger partial charge in [0.05, 0.1) is 125 Å². The number of rotatable bonds is 41. The van der Waals surface area contributed by atoms with Crippen LogP contribution < -0.4 is 31.6 Å². The second-order valence-electron chi connectivity index (χ2n) is 25.6. The monoisotopic (exact) mass is 1620 g/mol. The number of anilines is 2. The van der Waals surface area contributed by atoms with Crippen LogP contribution in [-0.2, 0) is 112 Å². The molecule has 6 heterocycles. The summed E-state index contributed by atoms with van der Waals surface area (Å²) < 4.78 is 115. The number of aliphatic hydroxyl groups is 1. The number of hydrogen-bond donors (Lipinski definition) is 8. The van der Waals surface area contributed by atoms with Gasteiger partial charge < -0.3 is 82.6 Å². The summed E-state index contributed by atoms with van der Waals surface area (Å²) >= 11 is 8.52. The van der Waals surface area contributed by atoms with Crippen molar-refractivity contribution in [2.75, 3.05) is 143 Å². The van der Waals surface area contributed by atoms with E-state index in [4.69, 9.17) is 70.2 Å². The smallest absolute Gasteiger partial charge is 0.410 e. The van der Waals surface area contributed by atoms with E-state index in [9.17, 15) is 52.6 Å². The number of methoxy groups -OCH3 is 1. The number of H-pyrrole nitrogens is 1. The van der Waals surface area contributed by atoms with Gasteiger partial charge in [0.2, 0.25) is 29.5 Å². The Morgan fingerprint density at radius 2 is 1.36 bits per heavy atom. The van der Waals surface area contributed by atoms with Crippen molar-refractivity contribution >= 4 is 102 Å². The third kappa shape index (κ3) is 26.7. The van der Waals surface area contributed by atoms with Crippen molar-refractivity contribution in [1.82, 2.24) is 49.9 Å². The van der Waals surface area contributed by atoms with Gasteiger partial charge in [-0.3, -0.25) is 66.9 Å². The van der Waals surface area contributed by atoms with Gasteiger partial charge in [-0.15, -0.1) is 0 Å². The fourth-order valence-corrected chi connectivity index (χ4v) is 14.6. The Bertz CT molecular complexity index is 4040. The van der Waals surface area contributed by atoms with Gasteiger partial charge in [-0.05, 0) is 60.9 Å². The Morgan fingerprint density at radius 1 is 0.736 bits per heavy atom. The number of aliphatic hydroxyl groups excluding tert-OH is 1. The highest BCUT2D eigenvalue weighted by Gasteiger charge is 2.51. The molecular weight excluding hydrogens is 1530 g/mol. The third-order valence-corrected chi connectivity index (χ3v) is 20.5. The summed E-state index contributed by atoms with van der Waals surface area (Å²) in [6.07, 6.45) is -1.24. The van der Waals surface area contributed by atoms with Gasteiger partial charge in [-0.25, -0.2) is 28.9 Å². The van der Waals surface area contributed by atoms with Gasteiger partial charge >= 0.3 is 19.7 Å². The number of aromatic amines is 1. The van der Waals surface area contributed by atoms with Crippen molar-refractivity contribution in [3.05, 3.63) is 113 Å². The summed E-state index contributed by atoms with van der Waals surface area (Å²) in [5, 5.41) is 22.2. The molecule has 2 saturated heterocycles. The van der Waals surface area contributed by atoms with Crippen LogP contribution in [0.3, 0.4) is 0 Å². The van der Waals surface area contributed by atoms with Gasteiger partial charge in [0.15, 0.2) is 17.4 Å². The van der Waals surface area contributed by atoms with Crippen LogP contribution in [0.25, 0.3) is 11.2 Å². The zero-order valence-electron chi connectivity index (χ0n) is 60.9. The molecule has 0 spiro atoms. The Morgan fingerprint density at radius 3 is 1.99 bits per heavy atom. The molecule has 42 heteroatoms. The van der Waals surface area contributed by atoms with Gasteiger partial charge in [0.1, 0.15) is 56.0 Å². The van der Waals surface area contributed by atoms with Crippen LogP contribution in [0.1, 0.15) is 67.7 Å². The van der Waals surface area contributed by atoms with Crippen molar-refractivity contribution < 1.29 is 118 Å². The molecule has 7 amide bonds. The van der Waals surface area contributed by atoms with Crippen LogP contribution in [0.4, 0.5) is 16.4 Å². The van der Waals surface area contributed by atoms with Crippen LogP contribution in [0, 0.1) is 11.8 Å². The van der Waals surface area contributed by atoms with Crippen molar-refractivity contribution in [2.24, 2.45) is 11.8 Å². The molecule has 2 bridgehead atoms. The average molecular weight is 1620 g/mol. The number of hydrogen-bond acceptors (Lipinski definition) is 30. The number of ether oxygens (including phenoxy) is 11. The molecule has 3 aromatic heterocycles. The Hall–Kier alpha value is -7.70. The average Bonchev–Trinajstić information content (AvgIpc) is 1.59. The van der Waals surface area contributed by atoms with E-state index in [1.807, 2.05) is 0 Å². The highest BCUT2D eigenvalue weighted by atomic mass is 32.7. The lowest BCUT2D eigenvalue weighted by Crippen LogP contribution is -2.55. The van der Waals surface area contributed by atoms with E-state index in [1.54, 1.807) is 69.5 Å². The number of imide groups is 1. The Kier molecular flexibility index (Phi) is 34.0. The zero-order valence-corrected chi connectivity index (χ0v) is 64.5. The molecule has 6 N–H and O–H groups in total. The van der Waals surface area contributed by atoms with Crippen molar-refractivity contribution in [3.63, 3.8) is 0 Å². The fourth-order valence-electron chi connectivity index (χ4n) is 11.6. The molecule has 1 aliphatic carbocycles. The lowest BCUT2D eigenvalue weighted by Gasteiger charge is -2.26. The minimum Gasteiger partial charge on any atom is -0.474 e. The van der Waals surface area contributed by atoms with Crippen LogP contribution in [-0.4, -0.2) is 261 Å². The first-order chi connectivity index (χ1) is 52.9. The normalized spacial score (nSPS) is 22.7. The van der Waals surface area contributed by atoms with Crippen molar-refractivity contribution in [1.29, 1.82) is 0 Å². The third-order valence-electron chi connectivity index (χ3n) is 17.2. The summed E-state index contributed by atoms with van der Waals surface area (Å²) in [6, 6.07) is 12.0. The zero-order chi connectivity index (χ0) is 78.6. The number of nitrogens with one attached hydrogen (secondary N) is 5. The molecule has 1 saturated carbocycles. The van der Waals surface area contributed by atoms with E-state index in [0.29, 0.717) is 102 Å².